The van der Waals surface area contributed by atoms with Gasteiger partial charge in [-0.2, -0.15) is 0 Å². The third-order valence-corrected chi connectivity index (χ3v) is 4.13. The van der Waals surface area contributed by atoms with Crippen LogP contribution in [0.2, 0.25) is 0 Å². The first-order valence-electron chi connectivity index (χ1n) is 6.31. The topological polar surface area (TPSA) is 0 Å². The van der Waals surface area contributed by atoms with Gasteiger partial charge in [-0.25, -0.2) is 0 Å². The highest BCUT2D eigenvalue weighted by Gasteiger charge is 2.34. The fraction of sp³-hybridized carbons (Fsp3) is 0.667. The predicted molar refractivity (Wildman–Crippen MR) is 66.4 cm³/mol. The van der Waals surface area contributed by atoms with E-state index in [-0.39, 0.29) is 0 Å². The number of rotatable bonds is 2. The molecule has 2 unspecified atom stereocenters. The minimum atomic E-state index is 0.398. The Morgan fingerprint density at radius 2 is 2.27 bits per heavy atom. The van der Waals surface area contributed by atoms with Crippen LogP contribution in [-0.2, 0) is 0 Å². The van der Waals surface area contributed by atoms with Crippen molar-refractivity contribution in [3.8, 4) is 0 Å². The van der Waals surface area contributed by atoms with E-state index in [4.69, 9.17) is 0 Å². The molecular weight excluding hydrogens is 180 g/mol. The third-order valence-electron chi connectivity index (χ3n) is 4.13. The molecule has 0 aromatic rings. The van der Waals surface area contributed by atoms with Crippen LogP contribution < -0.4 is 0 Å². The fourth-order valence-electron chi connectivity index (χ4n) is 3.01. The van der Waals surface area contributed by atoms with Crippen LogP contribution in [0.5, 0.6) is 0 Å². The van der Waals surface area contributed by atoms with Crippen molar-refractivity contribution in [1.29, 1.82) is 0 Å². The third kappa shape index (κ3) is 2.35. The molecule has 2 atom stereocenters. The molecular formula is C15H23. The second-order valence-corrected chi connectivity index (χ2v) is 5.76. The van der Waals surface area contributed by atoms with Crippen LogP contribution in [0.3, 0.4) is 0 Å². The summed E-state index contributed by atoms with van der Waals surface area (Å²) in [6, 6.07) is 0. The molecule has 0 aliphatic heterocycles. The van der Waals surface area contributed by atoms with Gasteiger partial charge in [0.25, 0.3) is 0 Å². The van der Waals surface area contributed by atoms with Gasteiger partial charge in [-0.1, -0.05) is 44.6 Å². The monoisotopic (exact) mass is 203 g/mol. The predicted octanol–water partition coefficient (Wildman–Crippen LogP) is 4.54. The molecule has 1 saturated carbocycles. The maximum Gasteiger partial charge on any atom is -0.0137 e. The first-order chi connectivity index (χ1) is 7.09. The molecule has 0 aromatic heterocycles. The summed E-state index contributed by atoms with van der Waals surface area (Å²) in [7, 11) is 0. The van der Waals surface area contributed by atoms with E-state index in [1.807, 2.05) is 0 Å². The average molecular weight is 203 g/mol. The van der Waals surface area contributed by atoms with Crippen molar-refractivity contribution in [3.05, 3.63) is 30.2 Å². The summed E-state index contributed by atoms with van der Waals surface area (Å²) >= 11 is 0. The Hall–Kier alpha value is -0.520. The molecule has 0 saturated heterocycles. The molecule has 0 aromatic carbocycles. The van der Waals surface area contributed by atoms with E-state index in [0.29, 0.717) is 5.41 Å². The van der Waals surface area contributed by atoms with Crippen molar-refractivity contribution in [1.82, 2.24) is 0 Å². The first kappa shape index (κ1) is 11.0. The molecule has 0 spiro atoms. The Kier molecular flexibility index (Phi) is 3.04. The van der Waals surface area contributed by atoms with Crippen LogP contribution >= 0.6 is 0 Å². The SMILES string of the molecule is CC1C=CC(C)(C)C1CC=C1[CH]CCC1. The molecule has 0 nitrogen and oxygen atoms in total. The Morgan fingerprint density at radius 3 is 2.80 bits per heavy atom. The van der Waals surface area contributed by atoms with Gasteiger partial charge >= 0.3 is 0 Å². The van der Waals surface area contributed by atoms with E-state index in [2.05, 4.69) is 45.4 Å². The molecule has 1 radical (unpaired) electrons. The van der Waals surface area contributed by atoms with E-state index < -0.39 is 0 Å². The quantitative estimate of drug-likeness (QED) is 0.578. The van der Waals surface area contributed by atoms with Crippen LogP contribution in [0.1, 0.15) is 46.5 Å². The molecule has 0 heteroatoms. The lowest BCUT2D eigenvalue weighted by molar-refractivity contribution is 0.259. The van der Waals surface area contributed by atoms with Crippen molar-refractivity contribution in [2.24, 2.45) is 17.3 Å². The van der Waals surface area contributed by atoms with Gasteiger partial charge in [0.1, 0.15) is 0 Å². The zero-order chi connectivity index (χ0) is 10.9. The standard InChI is InChI=1S/C15H23/c1-12-10-11-15(2,3)14(12)9-8-13-6-4-5-7-13/h6,8,10-12,14H,4-5,7,9H2,1-3H3. The Morgan fingerprint density at radius 1 is 1.47 bits per heavy atom. The van der Waals surface area contributed by atoms with Crippen LogP contribution in [0.15, 0.2) is 23.8 Å². The van der Waals surface area contributed by atoms with Gasteiger partial charge in [-0.05, 0) is 49.4 Å². The van der Waals surface area contributed by atoms with E-state index in [1.54, 1.807) is 5.57 Å². The van der Waals surface area contributed by atoms with Gasteiger partial charge in [-0.3, -0.25) is 0 Å². The van der Waals surface area contributed by atoms with Gasteiger partial charge in [0.15, 0.2) is 0 Å². The lowest BCUT2D eigenvalue weighted by Crippen LogP contribution is -2.21. The van der Waals surface area contributed by atoms with Crippen LogP contribution in [-0.4, -0.2) is 0 Å². The highest BCUT2D eigenvalue weighted by atomic mass is 14.4. The van der Waals surface area contributed by atoms with Crippen LogP contribution in [0.25, 0.3) is 0 Å². The van der Waals surface area contributed by atoms with Gasteiger partial charge in [-0.15, -0.1) is 0 Å². The summed E-state index contributed by atoms with van der Waals surface area (Å²) in [5.74, 6) is 1.55. The molecule has 2 aliphatic rings. The molecule has 83 valence electrons. The summed E-state index contributed by atoms with van der Waals surface area (Å²) in [6.07, 6.45) is 14.9. The second-order valence-electron chi connectivity index (χ2n) is 5.76. The van der Waals surface area contributed by atoms with Crippen molar-refractivity contribution in [2.75, 3.05) is 0 Å². The molecule has 0 heterocycles. The first-order valence-corrected chi connectivity index (χ1v) is 6.31. The maximum atomic E-state index is 2.49. The second kappa shape index (κ2) is 4.15. The minimum Gasteiger partial charge on any atom is -0.0848 e. The summed E-state index contributed by atoms with van der Waals surface area (Å²) in [5.41, 5.74) is 2.00. The number of allylic oxidation sites excluding steroid dienone is 4. The van der Waals surface area contributed by atoms with Crippen molar-refractivity contribution >= 4 is 0 Å². The number of hydrogen-bond acceptors (Lipinski definition) is 0. The zero-order valence-electron chi connectivity index (χ0n) is 10.3. The molecule has 0 amide bonds. The smallest absolute Gasteiger partial charge is 0.0137 e. The lowest BCUT2D eigenvalue weighted by atomic mass is 9.76. The highest BCUT2D eigenvalue weighted by Crippen LogP contribution is 2.43. The van der Waals surface area contributed by atoms with Gasteiger partial charge in [0.05, 0.1) is 0 Å². The van der Waals surface area contributed by atoms with Gasteiger partial charge in [0, 0.05) is 0 Å². The van der Waals surface area contributed by atoms with E-state index >= 15 is 0 Å². The normalized spacial score (nSPS) is 36.6. The van der Waals surface area contributed by atoms with E-state index in [9.17, 15) is 0 Å². The summed E-state index contributed by atoms with van der Waals surface area (Å²) in [4.78, 5) is 0. The van der Waals surface area contributed by atoms with Crippen LogP contribution in [0.4, 0.5) is 0 Å². The summed E-state index contributed by atoms with van der Waals surface area (Å²) < 4.78 is 0. The Balaban J connectivity index is 1.96. The fourth-order valence-corrected chi connectivity index (χ4v) is 3.01. The van der Waals surface area contributed by atoms with Crippen molar-refractivity contribution in [2.45, 2.75) is 46.5 Å². The maximum absolute atomic E-state index is 2.49. The number of hydrogen-bond donors (Lipinski definition) is 0. The highest BCUT2D eigenvalue weighted by molar-refractivity contribution is 5.19. The molecule has 1 fully saturated rings. The van der Waals surface area contributed by atoms with Crippen molar-refractivity contribution < 1.29 is 0 Å². The zero-order valence-corrected chi connectivity index (χ0v) is 10.3. The Bertz CT molecular complexity index is 272. The molecule has 0 N–H and O–H groups in total. The van der Waals surface area contributed by atoms with Gasteiger partial charge < -0.3 is 0 Å². The largest absolute Gasteiger partial charge is 0.0848 e. The molecule has 2 aliphatic carbocycles. The van der Waals surface area contributed by atoms with Crippen LogP contribution in [0, 0.1) is 23.7 Å². The average Bonchev–Trinajstić information content (AvgIpc) is 2.74. The summed E-state index contributed by atoms with van der Waals surface area (Å²) in [5, 5.41) is 0. The summed E-state index contributed by atoms with van der Waals surface area (Å²) in [6.45, 7) is 7.09. The lowest BCUT2D eigenvalue weighted by Gasteiger charge is -2.28. The van der Waals surface area contributed by atoms with E-state index in [0.717, 1.165) is 11.8 Å². The Labute approximate surface area is 94.5 Å². The minimum absolute atomic E-state index is 0.398. The molecule has 0 bridgehead atoms. The molecule has 15 heavy (non-hydrogen) atoms. The van der Waals surface area contributed by atoms with Crippen molar-refractivity contribution in [3.63, 3.8) is 0 Å². The van der Waals surface area contributed by atoms with E-state index in [1.165, 1.54) is 25.7 Å². The van der Waals surface area contributed by atoms with Gasteiger partial charge in [0.2, 0.25) is 0 Å². The molecule has 2 rings (SSSR count).